The van der Waals surface area contributed by atoms with Crippen molar-refractivity contribution in [2.75, 3.05) is 20.1 Å². The van der Waals surface area contributed by atoms with Gasteiger partial charge in [-0.3, -0.25) is 4.90 Å². The van der Waals surface area contributed by atoms with Gasteiger partial charge < -0.3 is 5.32 Å². The number of likely N-dealkylation sites (N-methyl/N-ethyl adjacent to an activating group) is 1. The molecule has 0 aromatic rings. The lowest BCUT2D eigenvalue weighted by Gasteiger charge is -2.32. The maximum atomic E-state index is 3.45. The van der Waals surface area contributed by atoms with Crippen LogP contribution >= 0.6 is 0 Å². The lowest BCUT2D eigenvalue weighted by atomic mass is 10.0. The molecule has 1 aliphatic carbocycles. The van der Waals surface area contributed by atoms with Crippen LogP contribution in [0.3, 0.4) is 0 Å². The van der Waals surface area contributed by atoms with E-state index in [2.05, 4.69) is 31.1 Å². The number of piperidine rings is 1. The number of hydrogen-bond acceptors (Lipinski definition) is 2. The molecule has 3 unspecified atom stereocenters. The van der Waals surface area contributed by atoms with Crippen molar-refractivity contribution in [1.29, 1.82) is 0 Å². The summed E-state index contributed by atoms with van der Waals surface area (Å²) in [5, 5.41) is 3.45. The summed E-state index contributed by atoms with van der Waals surface area (Å²) in [4.78, 5) is 2.72. The van der Waals surface area contributed by atoms with E-state index < -0.39 is 0 Å². The summed E-state index contributed by atoms with van der Waals surface area (Å²) in [6.45, 7) is 7.26. The van der Waals surface area contributed by atoms with E-state index in [9.17, 15) is 0 Å². The summed E-state index contributed by atoms with van der Waals surface area (Å²) >= 11 is 0. The topological polar surface area (TPSA) is 15.3 Å². The molecule has 2 fully saturated rings. The van der Waals surface area contributed by atoms with Crippen LogP contribution in [0.25, 0.3) is 0 Å². The number of nitrogens with one attached hydrogen (secondary N) is 1. The minimum Gasteiger partial charge on any atom is -0.315 e. The molecule has 2 heteroatoms. The molecule has 82 valence electrons. The minimum absolute atomic E-state index is 0.675. The van der Waals surface area contributed by atoms with Crippen molar-refractivity contribution in [3.8, 4) is 0 Å². The Bertz CT molecular complexity index is 191. The molecular weight excluding hydrogens is 172 g/mol. The zero-order valence-electron chi connectivity index (χ0n) is 9.79. The summed E-state index contributed by atoms with van der Waals surface area (Å²) < 4.78 is 0. The van der Waals surface area contributed by atoms with Crippen LogP contribution in [0.15, 0.2) is 0 Å². The standard InChI is InChI=1S/C12H24N2/c1-9(2)12(13-3)8-14-7-10-4-5-11(14)6-10/h9-13H,4-8H2,1-3H3. The Morgan fingerprint density at radius 1 is 1.36 bits per heavy atom. The zero-order chi connectivity index (χ0) is 10.1. The monoisotopic (exact) mass is 196 g/mol. The van der Waals surface area contributed by atoms with Crippen molar-refractivity contribution < 1.29 is 0 Å². The first-order chi connectivity index (χ1) is 6.70. The van der Waals surface area contributed by atoms with E-state index >= 15 is 0 Å². The summed E-state index contributed by atoms with van der Waals surface area (Å²) in [6, 6.07) is 1.60. The minimum atomic E-state index is 0.675. The molecule has 1 saturated heterocycles. The fourth-order valence-electron chi connectivity index (χ4n) is 3.14. The zero-order valence-corrected chi connectivity index (χ0v) is 9.79. The fraction of sp³-hybridized carbons (Fsp3) is 1.00. The Morgan fingerprint density at radius 3 is 2.57 bits per heavy atom. The molecule has 0 radical (unpaired) electrons. The summed E-state index contributed by atoms with van der Waals surface area (Å²) in [5.41, 5.74) is 0. The first kappa shape index (κ1) is 10.4. The maximum absolute atomic E-state index is 3.45. The van der Waals surface area contributed by atoms with E-state index in [4.69, 9.17) is 0 Å². The molecule has 2 aliphatic rings. The summed E-state index contributed by atoms with van der Waals surface area (Å²) in [6.07, 6.45) is 4.43. The Balaban J connectivity index is 1.85. The molecule has 1 saturated carbocycles. The van der Waals surface area contributed by atoms with Crippen LogP contribution in [0.1, 0.15) is 33.1 Å². The molecular formula is C12H24N2. The lowest BCUT2D eigenvalue weighted by Crippen LogP contribution is -2.45. The van der Waals surface area contributed by atoms with Crippen LogP contribution < -0.4 is 5.32 Å². The van der Waals surface area contributed by atoms with Crippen LogP contribution in [0.4, 0.5) is 0 Å². The summed E-state index contributed by atoms with van der Waals surface area (Å²) in [7, 11) is 2.10. The van der Waals surface area contributed by atoms with Crippen molar-refractivity contribution >= 4 is 0 Å². The van der Waals surface area contributed by atoms with Gasteiger partial charge in [-0.1, -0.05) is 13.8 Å². The average Bonchev–Trinajstić information content (AvgIpc) is 2.74. The van der Waals surface area contributed by atoms with E-state index in [1.807, 2.05) is 0 Å². The van der Waals surface area contributed by atoms with Gasteiger partial charge in [0.05, 0.1) is 0 Å². The van der Waals surface area contributed by atoms with Gasteiger partial charge in [0.1, 0.15) is 0 Å². The second-order valence-electron chi connectivity index (χ2n) is 5.43. The highest BCUT2D eigenvalue weighted by Gasteiger charge is 2.38. The molecule has 0 aromatic heterocycles. The van der Waals surface area contributed by atoms with Gasteiger partial charge in [0.2, 0.25) is 0 Å². The molecule has 2 rings (SSSR count). The van der Waals surface area contributed by atoms with Gasteiger partial charge in [-0.2, -0.15) is 0 Å². The van der Waals surface area contributed by atoms with E-state index in [0.717, 1.165) is 17.9 Å². The number of fused-ring (bicyclic) bond motifs is 2. The van der Waals surface area contributed by atoms with Gasteiger partial charge in [0, 0.05) is 25.2 Å². The molecule has 1 heterocycles. The van der Waals surface area contributed by atoms with E-state index in [1.165, 1.54) is 32.4 Å². The van der Waals surface area contributed by atoms with Gasteiger partial charge in [-0.15, -0.1) is 0 Å². The second kappa shape index (κ2) is 4.19. The quantitative estimate of drug-likeness (QED) is 0.736. The van der Waals surface area contributed by atoms with Crippen molar-refractivity contribution in [2.24, 2.45) is 11.8 Å². The number of nitrogens with zero attached hydrogens (tertiary/aromatic N) is 1. The highest BCUT2D eigenvalue weighted by molar-refractivity contribution is 4.93. The van der Waals surface area contributed by atoms with Gasteiger partial charge in [-0.05, 0) is 38.1 Å². The maximum Gasteiger partial charge on any atom is 0.0215 e. The molecule has 0 amide bonds. The lowest BCUT2D eigenvalue weighted by molar-refractivity contribution is 0.178. The van der Waals surface area contributed by atoms with Gasteiger partial charge in [-0.25, -0.2) is 0 Å². The van der Waals surface area contributed by atoms with Crippen LogP contribution in [-0.4, -0.2) is 37.1 Å². The van der Waals surface area contributed by atoms with Crippen molar-refractivity contribution in [1.82, 2.24) is 10.2 Å². The molecule has 0 spiro atoms. The van der Waals surface area contributed by atoms with Crippen LogP contribution in [0.2, 0.25) is 0 Å². The molecule has 3 atom stereocenters. The van der Waals surface area contributed by atoms with Crippen molar-refractivity contribution in [3.63, 3.8) is 0 Å². The smallest absolute Gasteiger partial charge is 0.0215 e. The SMILES string of the molecule is CNC(CN1CC2CCC1C2)C(C)C. The third-order valence-corrected chi connectivity index (χ3v) is 4.13. The first-order valence-corrected chi connectivity index (χ1v) is 6.12. The van der Waals surface area contributed by atoms with Crippen LogP contribution in [-0.2, 0) is 0 Å². The van der Waals surface area contributed by atoms with Crippen molar-refractivity contribution in [3.05, 3.63) is 0 Å². The van der Waals surface area contributed by atoms with Gasteiger partial charge in [0.25, 0.3) is 0 Å². The Hall–Kier alpha value is -0.0800. The largest absolute Gasteiger partial charge is 0.315 e. The number of rotatable bonds is 4. The molecule has 0 aromatic carbocycles. The number of likely N-dealkylation sites (tertiary alicyclic amines) is 1. The summed E-state index contributed by atoms with van der Waals surface area (Å²) in [5.74, 6) is 1.78. The Labute approximate surface area is 88.1 Å². The van der Waals surface area contributed by atoms with Crippen LogP contribution in [0.5, 0.6) is 0 Å². The second-order valence-corrected chi connectivity index (χ2v) is 5.43. The third-order valence-electron chi connectivity index (χ3n) is 4.13. The third kappa shape index (κ3) is 1.96. The molecule has 1 N–H and O–H groups in total. The highest BCUT2D eigenvalue weighted by Crippen LogP contribution is 2.37. The Morgan fingerprint density at radius 2 is 2.14 bits per heavy atom. The average molecular weight is 196 g/mol. The number of hydrogen-bond donors (Lipinski definition) is 1. The predicted octanol–water partition coefficient (Wildman–Crippen LogP) is 1.71. The van der Waals surface area contributed by atoms with Gasteiger partial charge >= 0.3 is 0 Å². The van der Waals surface area contributed by atoms with Gasteiger partial charge in [0.15, 0.2) is 0 Å². The predicted molar refractivity (Wildman–Crippen MR) is 60.4 cm³/mol. The van der Waals surface area contributed by atoms with E-state index in [-0.39, 0.29) is 0 Å². The normalized spacial score (nSPS) is 34.3. The van der Waals surface area contributed by atoms with Crippen molar-refractivity contribution in [2.45, 2.75) is 45.2 Å². The highest BCUT2D eigenvalue weighted by atomic mass is 15.2. The molecule has 1 aliphatic heterocycles. The first-order valence-electron chi connectivity index (χ1n) is 6.12. The molecule has 14 heavy (non-hydrogen) atoms. The molecule has 2 bridgehead atoms. The fourth-order valence-corrected chi connectivity index (χ4v) is 3.14. The van der Waals surface area contributed by atoms with E-state index in [0.29, 0.717) is 6.04 Å². The van der Waals surface area contributed by atoms with Crippen LogP contribution in [0, 0.1) is 11.8 Å². The molecule has 2 nitrogen and oxygen atoms in total. The van der Waals surface area contributed by atoms with E-state index in [1.54, 1.807) is 0 Å². The Kier molecular flexibility index (Phi) is 3.13.